The fraction of sp³-hybridized carbons (Fsp3) is 0.286. The molecule has 0 unspecified atom stereocenters. The minimum Gasteiger partial charge on any atom is -0.352 e. The zero-order valence-electron chi connectivity index (χ0n) is 10.8. The number of nitrogens with one attached hydrogen (secondary N) is 1. The number of rotatable bonds is 5. The average Bonchev–Trinajstić information content (AvgIpc) is 2.81. The van der Waals surface area contributed by atoms with Crippen LogP contribution in [0.1, 0.15) is 22.3 Å². The van der Waals surface area contributed by atoms with Gasteiger partial charge in [0.05, 0.1) is 11.8 Å². The maximum Gasteiger partial charge on any atom is 0.252 e. The van der Waals surface area contributed by atoms with E-state index in [1.165, 1.54) is 0 Å². The van der Waals surface area contributed by atoms with Crippen molar-refractivity contribution in [2.24, 2.45) is 0 Å². The summed E-state index contributed by atoms with van der Waals surface area (Å²) in [6, 6.07) is 7.58. The van der Waals surface area contributed by atoms with Gasteiger partial charge in [-0.3, -0.25) is 9.48 Å². The van der Waals surface area contributed by atoms with E-state index in [0.717, 1.165) is 27.7 Å². The van der Waals surface area contributed by atoms with Gasteiger partial charge in [-0.2, -0.15) is 5.10 Å². The first-order chi connectivity index (χ1) is 9.16. The van der Waals surface area contributed by atoms with Gasteiger partial charge in [0.2, 0.25) is 0 Å². The number of carbonyl (C=O) groups is 1. The fourth-order valence-corrected chi connectivity index (χ4v) is 2.41. The minimum atomic E-state index is -0.0124. The van der Waals surface area contributed by atoms with Crippen LogP contribution in [0.25, 0.3) is 0 Å². The number of aryl methyl sites for hydroxylation is 2. The van der Waals surface area contributed by atoms with Crippen molar-refractivity contribution in [1.29, 1.82) is 0 Å². The standard InChI is InChI=1S/C14H16IN3O/c1-11-9-17-18(10-11)8-4-7-16-14(19)12-5-2-3-6-13(12)15/h2-3,5-6,9-10H,4,7-8H2,1H3,(H,16,19). The molecule has 0 aliphatic heterocycles. The monoisotopic (exact) mass is 369 g/mol. The Balaban J connectivity index is 1.77. The number of carbonyl (C=O) groups excluding carboxylic acids is 1. The molecule has 1 heterocycles. The van der Waals surface area contributed by atoms with Crippen LogP contribution in [0, 0.1) is 10.5 Å². The van der Waals surface area contributed by atoms with Gasteiger partial charge in [0.15, 0.2) is 0 Å². The van der Waals surface area contributed by atoms with Crippen molar-refractivity contribution in [3.63, 3.8) is 0 Å². The summed E-state index contributed by atoms with van der Waals surface area (Å²) in [6.07, 6.45) is 4.71. The molecular weight excluding hydrogens is 353 g/mol. The van der Waals surface area contributed by atoms with Crippen LogP contribution in [0.15, 0.2) is 36.7 Å². The van der Waals surface area contributed by atoms with Crippen LogP contribution in [-0.4, -0.2) is 22.2 Å². The molecule has 0 saturated heterocycles. The topological polar surface area (TPSA) is 46.9 Å². The lowest BCUT2D eigenvalue weighted by molar-refractivity contribution is 0.0951. The van der Waals surface area contributed by atoms with Crippen LogP contribution in [0.3, 0.4) is 0 Å². The van der Waals surface area contributed by atoms with E-state index in [1.807, 2.05) is 48.3 Å². The Morgan fingerprint density at radius 3 is 2.89 bits per heavy atom. The van der Waals surface area contributed by atoms with E-state index in [4.69, 9.17) is 0 Å². The molecule has 0 radical (unpaired) electrons. The molecule has 1 aromatic heterocycles. The minimum absolute atomic E-state index is 0.0124. The summed E-state index contributed by atoms with van der Waals surface area (Å²) in [7, 11) is 0. The predicted octanol–water partition coefficient (Wildman–Crippen LogP) is 2.62. The number of halogens is 1. The van der Waals surface area contributed by atoms with Crippen molar-refractivity contribution in [2.75, 3.05) is 6.54 Å². The molecule has 0 fully saturated rings. The summed E-state index contributed by atoms with van der Waals surface area (Å²) >= 11 is 2.17. The van der Waals surface area contributed by atoms with Crippen molar-refractivity contribution < 1.29 is 4.79 Å². The fourth-order valence-electron chi connectivity index (χ4n) is 1.77. The third-order valence-electron chi connectivity index (χ3n) is 2.73. The smallest absolute Gasteiger partial charge is 0.252 e. The number of benzene rings is 1. The van der Waals surface area contributed by atoms with Crippen molar-refractivity contribution in [1.82, 2.24) is 15.1 Å². The van der Waals surface area contributed by atoms with Gasteiger partial charge in [0.1, 0.15) is 0 Å². The quantitative estimate of drug-likeness (QED) is 0.651. The molecular formula is C14H16IN3O. The van der Waals surface area contributed by atoms with Crippen LogP contribution in [0.4, 0.5) is 0 Å². The van der Waals surface area contributed by atoms with E-state index in [2.05, 4.69) is 33.0 Å². The number of nitrogens with zero attached hydrogens (tertiary/aromatic N) is 2. The number of aromatic nitrogens is 2. The van der Waals surface area contributed by atoms with E-state index < -0.39 is 0 Å². The Morgan fingerprint density at radius 1 is 1.42 bits per heavy atom. The molecule has 2 aromatic rings. The largest absolute Gasteiger partial charge is 0.352 e. The van der Waals surface area contributed by atoms with Crippen molar-refractivity contribution in [3.05, 3.63) is 51.4 Å². The molecule has 5 heteroatoms. The molecule has 2 rings (SSSR count). The second-order valence-electron chi connectivity index (χ2n) is 4.37. The highest BCUT2D eigenvalue weighted by Crippen LogP contribution is 2.10. The summed E-state index contributed by atoms with van der Waals surface area (Å²) in [5.41, 5.74) is 1.89. The average molecular weight is 369 g/mol. The van der Waals surface area contributed by atoms with E-state index >= 15 is 0 Å². The maximum absolute atomic E-state index is 11.9. The SMILES string of the molecule is Cc1cnn(CCCNC(=O)c2ccccc2I)c1. The molecule has 0 atom stereocenters. The first-order valence-corrected chi connectivity index (χ1v) is 7.26. The molecule has 0 bridgehead atoms. The summed E-state index contributed by atoms with van der Waals surface area (Å²) in [4.78, 5) is 11.9. The molecule has 19 heavy (non-hydrogen) atoms. The Morgan fingerprint density at radius 2 is 2.21 bits per heavy atom. The lowest BCUT2D eigenvalue weighted by atomic mass is 10.2. The lowest BCUT2D eigenvalue weighted by Gasteiger charge is -2.06. The summed E-state index contributed by atoms with van der Waals surface area (Å²) in [6.45, 7) is 3.49. The number of hydrogen-bond acceptors (Lipinski definition) is 2. The summed E-state index contributed by atoms with van der Waals surface area (Å²) in [5.74, 6) is -0.0124. The normalized spacial score (nSPS) is 10.4. The summed E-state index contributed by atoms with van der Waals surface area (Å²) < 4.78 is 2.87. The van der Waals surface area contributed by atoms with Gasteiger partial charge in [-0.15, -0.1) is 0 Å². The highest BCUT2D eigenvalue weighted by atomic mass is 127. The third kappa shape index (κ3) is 4.05. The Labute approximate surface area is 126 Å². The van der Waals surface area contributed by atoms with Crippen LogP contribution in [0.5, 0.6) is 0 Å². The van der Waals surface area contributed by atoms with E-state index in [1.54, 1.807) is 0 Å². The number of amides is 1. The highest BCUT2D eigenvalue weighted by Gasteiger charge is 2.07. The first-order valence-electron chi connectivity index (χ1n) is 6.18. The second kappa shape index (κ2) is 6.70. The van der Waals surface area contributed by atoms with Crippen LogP contribution >= 0.6 is 22.6 Å². The zero-order chi connectivity index (χ0) is 13.7. The van der Waals surface area contributed by atoms with Gasteiger partial charge < -0.3 is 5.32 Å². The molecule has 1 amide bonds. The molecule has 0 saturated carbocycles. The molecule has 1 aromatic carbocycles. The molecule has 0 aliphatic rings. The maximum atomic E-state index is 11.9. The van der Waals surface area contributed by atoms with E-state index in [9.17, 15) is 4.79 Å². The Hall–Kier alpha value is -1.37. The molecule has 100 valence electrons. The van der Waals surface area contributed by atoms with Gasteiger partial charge in [-0.05, 0) is 53.6 Å². The molecule has 0 spiro atoms. The van der Waals surface area contributed by atoms with Crippen LogP contribution in [-0.2, 0) is 6.54 Å². The van der Waals surface area contributed by atoms with Crippen LogP contribution in [0.2, 0.25) is 0 Å². The Bertz CT molecular complexity index is 565. The first kappa shape index (κ1) is 14.0. The predicted molar refractivity (Wildman–Crippen MR) is 83.1 cm³/mol. The van der Waals surface area contributed by atoms with Gasteiger partial charge in [-0.25, -0.2) is 0 Å². The molecule has 1 N–H and O–H groups in total. The molecule has 0 aliphatic carbocycles. The van der Waals surface area contributed by atoms with E-state index in [0.29, 0.717) is 6.54 Å². The molecule has 4 nitrogen and oxygen atoms in total. The van der Waals surface area contributed by atoms with Crippen molar-refractivity contribution in [3.8, 4) is 0 Å². The third-order valence-corrected chi connectivity index (χ3v) is 3.67. The van der Waals surface area contributed by atoms with E-state index in [-0.39, 0.29) is 5.91 Å². The van der Waals surface area contributed by atoms with Crippen LogP contribution < -0.4 is 5.32 Å². The van der Waals surface area contributed by atoms with Gasteiger partial charge >= 0.3 is 0 Å². The van der Waals surface area contributed by atoms with Gasteiger partial charge in [0.25, 0.3) is 5.91 Å². The van der Waals surface area contributed by atoms with Gasteiger partial charge in [-0.1, -0.05) is 12.1 Å². The van der Waals surface area contributed by atoms with Crippen molar-refractivity contribution in [2.45, 2.75) is 19.9 Å². The zero-order valence-corrected chi connectivity index (χ0v) is 12.9. The number of hydrogen-bond donors (Lipinski definition) is 1. The second-order valence-corrected chi connectivity index (χ2v) is 5.53. The van der Waals surface area contributed by atoms with Gasteiger partial charge in [0, 0.05) is 22.9 Å². The van der Waals surface area contributed by atoms with Crippen molar-refractivity contribution >= 4 is 28.5 Å². The highest BCUT2D eigenvalue weighted by molar-refractivity contribution is 14.1. The summed E-state index contributed by atoms with van der Waals surface area (Å²) in [5, 5.41) is 7.14. The Kier molecular flexibility index (Phi) is 4.95. The lowest BCUT2D eigenvalue weighted by Crippen LogP contribution is -2.26.